The van der Waals surface area contributed by atoms with Gasteiger partial charge in [0, 0.05) is 18.3 Å². The highest BCUT2D eigenvalue weighted by Crippen LogP contribution is 2.43. The molecule has 0 spiro atoms. The van der Waals surface area contributed by atoms with E-state index >= 15 is 0 Å². The van der Waals surface area contributed by atoms with Crippen LogP contribution >= 0.6 is 0 Å². The third kappa shape index (κ3) is 2.78. The van der Waals surface area contributed by atoms with Crippen LogP contribution < -0.4 is 25.5 Å². The number of benzene rings is 1. The Kier molecular flexibility index (Phi) is 4.27. The maximum absolute atomic E-state index is 13.4. The fourth-order valence-corrected chi connectivity index (χ4v) is 3.70. The molecule has 0 radical (unpaired) electrons. The Morgan fingerprint density at radius 1 is 1.25 bits per heavy atom. The number of rotatable bonds is 3. The van der Waals surface area contributed by atoms with Gasteiger partial charge in [0.2, 0.25) is 12.7 Å². The highest BCUT2D eigenvalue weighted by molar-refractivity contribution is 5.57. The molecule has 0 aliphatic carbocycles. The number of pyridine rings is 1. The van der Waals surface area contributed by atoms with Crippen LogP contribution in [0.5, 0.6) is 17.2 Å². The van der Waals surface area contributed by atoms with Crippen molar-refractivity contribution in [1.82, 2.24) is 4.57 Å². The normalized spacial score (nSPS) is 17.3. The lowest BCUT2D eigenvalue weighted by Crippen LogP contribution is -2.33. The summed E-state index contributed by atoms with van der Waals surface area (Å²) in [7, 11) is 0. The highest BCUT2D eigenvalue weighted by Gasteiger charge is 2.35. The minimum Gasteiger partial charge on any atom is -0.454 e. The summed E-state index contributed by atoms with van der Waals surface area (Å²) < 4.78 is 18.2. The molecule has 1 aromatic carbocycles. The zero-order valence-corrected chi connectivity index (χ0v) is 16.0. The largest absolute Gasteiger partial charge is 0.454 e. The molecule has 7 nitrogen and oxygen atoms in total. The topological polar surface area (TPSA) is 99.5 Å². The van der Waals surface area contributed by atoms with Gasteiger partial charge in [-0.3, -0.25) is 4.79 Å². The third-order valence-electron chi connectivity index (χ3n) is 4.97. The van der Waals surface area contributed by atoms with Gasteiger partial charge in [0.05, 0.1) is 11.5 Å². The summed E-state index contributed by atoms with van der Waals surface area (Å²) in [6.45, 7) is 6.69. The van der Waals surface area contributed by atoms with Gasteiger partial charge in [-0.15, -0.1) is 0 Å². The van der Waals surface area contributed by atoms with E-state index in [1.807, 2.05) is 13.0 Å². The SMILES string of the molecule is Cc1cc2c(c(=O)n1CC(C)C)[C@H](c1ccc3c(c1)OCO3)C(C#N)=C(N)O2. The van der Waals surface area contributed by atoms with Gasteiger partial charge in [0.25, 0.3) is 5.56 Å². The first-order valence-corrected chi connectivity index (χ1v) is 9.12. The molecule has 144 valence electrons. The molecule has 0 saturated carbocycles. The van der Waals surface area contributed by atoms with Crippen LogP contribution in [0.1, 0.15) is 36.6 Å². The quantitative estimate of drug-likeness (QED) is 0.880. The molecule has 0 unspecified atom stereocenters. The molecule has 2 aliphatic rings. The van der Waals surface area contributed by atoms with Crippen molar-refractivity contribution in [3.63, 3.8) is 0 Å². The van der Waals surface area contributed by atoms with Crippen molar-refractivity contribution in [2.45, 2.75) is 33.2 Å². The van der Waals surface area contributed by atoms with Crippen molar-refractivity contribution in [2.24, 2.45) is 11.7 Å². The fourth-order valence-electron chi connectivity index (χ4n) is 3.70. The average Bonchev–Trinajstić information content (AvgIpc) is 3.11. The molecular weight excluding hydrogens is 358 g/mol. The van der Waals surface area contributed by atoms with E-state index in [0.29, 0.717) is 35.3 Å². The van der Waals surface area contributed by atoms with E-state index in [0.717, 1.165) is 11.3 Å². The zero-order valence-electron chi connectivity index (χ0n) is 16.0. The van der Waals surface area contributed by atoms with Crippen molar-refractivity contribution in [3.8, 4) is 23.3 Å². The van der Waals surface area contributed by atoms with Gasteiger partial charge in [0.15, 0.2) is 11.5 Å². The van der Waals surface area contributed by atoms with E-state index in [2.05, 4.69) is 19.9 Å². The molecule has 0 bridgehead atoms. The lowest BCUT2D eigenvalue weighted by molar-refractivity contribution is 0.174. The number of nitrogens with two attached hydrogens (primary N) is 1. The first-order chi connectivity index (χ1) is 13.4. The number of nitriles is 1. The van der Waals surface area contributed by atoms with Crippen LogP contribution in [0.3, 0.4) is 0 Å². The summed E-state index contributed by atoms with van der Waals surface area (Å²) in [5.41, 5.74) is 8.00. The second kappa shape index (κ2) is 6.64. The fraction of sp³-hybridized carbons (Fsp3) is 0.333. The van der Waals surface area contributed by atoms with E-state index in [1.54, 1.807) is 22.8 Å². The number of nitrogens with zero attached hydrogens (tertiary/aromatic N) is 2. The minimum atomic E-state index is -0.630. The predicted molar refractivity (Wildman–Crippen MR) is 102 cm³/mol. The highest BCUT2D eigenvalue weighted by atomic mass is 16.7. The number of fused-ring (bicyclic) bond motifs is 2. The van der Waals surface area contributed by atoms with E-state index < -0.39 is 5.92 Å². The van der Waals surface area contributed by atoms with Gasteiger partial charge >= 0.3 is 0 Å². The number of hydrogen-bond donors (Lipinski definition) is 1. The Morgan fingerprint density at radius 3 is 2.71 bits per heavy atom. The van der Waals surface area contributed by atoms with Crippen LogP contribution in [0, 0.1) is 24.2 Å². The molecule has 2 aromatic rings. The van der Waals surface area contributed by atoms with Crippen LogP contribution in [0.15, 0.2) is 40.5 Å². The maximum Gasteiger partial charge on any atom is 0.258 e. The van der Waals surface area contributed by atoms with Crippen LogP contribution in [-0.4, -0.2) is 11.4 Å². The molecule has 28 heavy (non-hydrogen) atoms. The second-order valence-electron chi connectivity index (χ2n) is 7.41. The molecule has 2 aliphatic heterocycles. The van der Waals surface area contributed by atoms with Crippen LogP contribution in [0.4, 0.5) is 0 Å². The lowest BCUT2D eigenvalue weighted by atomic mass is 9.84. The summed E-state index contributed by atoms with van der Waals surface area (Å²) in [4.78, 5) is 13.4. The van der Waals surface area contributed by atoms with Crippen molar-refractivity contribution in [2.75, 3.05) is 6.79 Å². The Hall–Kier alpha value is -3.40. The monoisotopic (exact) mass is 379 g/mol. The molecule has 0 fully saturated rings. The van der Waals surface area contributed by atoms with Crippen LogP contribution in [0.25, 0.3) is 0 Å². The van der Waals surface area contributed by atoms with Gasteiger partial charge in [-0.1, -0.05) is 19.9 Å². The van der Waals surface area contributed by atoms with Gasteiger partial charge < -0.3 is 24.5 Å². The third-order valence-corrected chi connectivity index (χ3v) is 4.97. The second-order valence-corrected chi connectivity index (χ2v) is 7.41. The van der Waals surface area contributed by atoms with Crippen molar-refractivity contribution < 1.29 is 14.2 Å². The summed E-state index contributed by atoms with van der Waals surface area (Å²) in [5, 5.41) is 9.74. The Morgan fingerprint density at radius 2 is 2.00 bits per heavy atom. The predicted octanol–water partition coefficient (Wildman–Crippen LogP) is 2.76. The molecule has 4 rings (SSSR count). The van der Waals surface area contributed by atoms with Crippen molar-refractivity contribution in [3.05, 3.63) is 62.9 Å². The average molecular weight is 379 g/mol. The Bertz CT molecular complexity index is 1090. The van der Waals surface area contributed by atoms with Crippen LogP contribution in [0.2, 0.25) is 0 Å². The van der Waals surface area contributed by atoms with Gasteiger partial charge in [-0.2, -0.15) is 5.26 Å². The molecule has 2 N–H and O–H groups in total. The molecule has 3 heterocycles. The lowest BCUT2D eigenvalue weighted by Gasteiger charge is -2.27. The number of ether oxygens (including phenoxy) is 3. The van der Waals surface area contributed by atoms with Crippen LogP contribution in [-0.2, 0) is 6.54 Å². The molecule has 0 saturated heterocycles. The number of aryl methyl sites for hydroxylation is 1. The summed E-state index contributed by atoms with van der Waals surface area (Å²) in [6, 6.07) is 9.32. The molecular formula is C21H21N3O4. The van der Waals surface area contributed by atoms with E-state index in [4.69, 9.17) is 19.9 Å². The van der Waals surface area contributed by atoms with Crippen molar-refractivity contribution >= 4 is 0 Å². The zero-order chi connectivity index (χ0) is 20.0. The molecule has 7 heteroatoms. The molecule has 0 amide bonds. The molecule has 1 aromatic heterocycles. The number of allylic oxidation sites excluding steroid dienone is 1. The number of aromatic nitrogens is 1. The van der Waals surface area contributed by atoms with Gasteiger partial charge in [-0.05, 0) is 30.5 Å². The summed E-state index contributed by atoms with van der Waals surface area (Å²) in [6.07, 6.45) is 0. The standard InChI is InChI=1S/C21H21N3O4/c1-11(2)9-24-12(3)6-17-19(21(24)25)18(14(8-22)20(23)28-17)13-4-5-15-16(7-13)27-10-26-15/h4-7,11,18H,9-10,23H2,1-3H3/t18-/m1/s1. The first kappa shape index (κ1) is 18.0. The summed E-state index contributed by atoms with van der Waals surface area (Å²) in [5.74, 6) is 1.28. The van der Waals surface area contributed by atoms with Gasteiger partial charge in [0.1, 0.15) is 17.4 Å². The molecule has 1 atom stereocenters. The minimum absolute atomic E-state index is 0.0121. The number of hydrogen-bond acceptors (Lipinski definition) is 6. The maximum atomic E-state index is 13.4. The Balaban J connectivity index is 1.96. The van der Waals surface area contributed by atoms with E-state index in [-0.39, 0.29) is 23.8 Å². The van der Waals surface area contributed by atoms with Crippen molar-refractivity contribution in [1.29, 1.82) is 5.26 Å². The summed E-state index contributed by atoms with van der Waals surface area (Å²) >= 11 is 0. The Labute approximate surface area is 162 Å². The van der Waals surface area contributed by atoms with E-state index in [1.165, 1.54) is 0 Å². The smallest absolute Gasteiger partial charge is 0.258 e. The van der Waals surface area contributed by atoms with Gasteiger partial charge in [-0.25, -0.2) is 0 Å². The first-order valence-electron chi connectivity index (χ1n) is 9.12. The van der Waals surface area contributed by atoms with E-state index in [9.17, 15) is 10.1 Å².